The zero-order valence-corrected chi connectivity index (χ0v) is 21.0. The van der Waals surface area contributed by atoms with E-state index in [4.69, 9.17) is 26.2 Å². The second-order valence-corrected chi connectivity index (χ2v) is 9.20. The van der Waals surface area contributed by atoms with Gasteiger partial charge in [0.2, 0.25) is 0 Å². The number of likely N-dealkylation sites (tertiary alicyclic amines) is 1. The van der Waals surface area contributed by atoms with E-state index >= 15 is 0 Å². The minimum atomic E-state index is -4.59. The van der Waals surface area contributed by atoms with E-state index in [0.717, 1.165) is 30.3 Å². The van der Waals surface area contributed by atoms with Crippen LogP contribution in [0.4, 0.5) is 13.2 Å². The molecular weight excluding hydrogens is 551 g/mol. The van der Waals surface area contributed by atoms with Gasteiger partial charge in [-0.3, -0.25) is 14.4 Å². The molecule has 1 fully saturated rings. The molecule has 2 aromatic carbocycles. The number of aromatic hydroxyl groups is 2. The van der Waals surface area contributed by atoms with Crippen molar-refractivity contribution < 1.29 is 52.7 Å². The third-order valence-electron chi connectivity index (χ3n) is 6.24. The Bertz CT molecular complexity index is 1460. The molecule has 1 saturated heterocycles. The number of nitrogens with zero attached hydrogens (tertiary/aromatic N) is 1. The molecule has 10 nitrogen and oxygen atoms in total. The van der Waals surface area contributed by atoms with Gasteiger partial charge >= 0.3 is 18.1 Å². The van der Waals surface area contributed by atoms with Gasteiger partial charge in [0.15, 0.2) is 5.43 Å². The molecule has 0 aliphatic carbocycles. The Hall–Kier alpha value is -3.81. The molecule has 0 amide bonds. The number of phenolic OH excluding ortho intramolecular Hbond substituents is 2. The first-order valence-corrected chi connectivity index (χ1v) is 11.7. The lowest BCUT2D eigenvalue weighted by Gasteiger charge is -2.24. The fraction of sp³-hybridized carbons (Fsp3) is 0.320. The van der Waals surface area contributed by atoms with Crippen molar-refractivity contribution in [2.24, 2.45) is 0 Å². The van der Waals surface area contributed by atoms with E-state index in [-0.39, 0.29) is 51.3 Å². The zero-order valence-electron chi connectivity index (χ0n) is 20.2. The summed E-state index contributed by atoms with van der Waals surface area (Å²) in [4.78, 5) is 33.6. The Kier molecular flexibility index (Phi) is 8.78. The molecule has 1 aliphatic heterocycles. The van der Waals surface area contributed by atoms with E-state index < -0.39 is 47.2 Å². The number of benzene rings is 2. The molecule has 0 radical (unpaired) electrons. The number of hydrogen-bond acceptors (Lipinski definition) is 8. The number of phenols is 2. The van der Waals surface area contributed by atoms with Crippen LogP contribution in [-0.4, -0.2) is 68.6 Å². The van der Waals surface area contributed by atoms with Crippen LogP contribution in [0.1, 0.15) is 29.9 Å². The van der Waals surface area contributed by atoms with Crippen LogP contribution in [0, 0.1) is 0 Å². The maximum Gasteiger partial charge on any atom is 0.416 e. The average molecular weight is 574 g/mol. The number of carbonyl (C=O) groups is 2. The highest BCUT2D eigenvalue weighted by Gasteiger charge is 2.37. The van der Waals surface area contributed by atoms with Gasteiger partial charge < -0.3 is 34.8 Å². The highest BCUT2D eigenvalue weighted by Crippen LogP contribution is 2.45. The average Bonchev–Trinajstić information content (AvgIpc) is 3.17. The number of carboxylic acid groups (broad SMARTS) is 2. The van der Waals surface area contributed by atoms with Crippen LogP contribution in [0.25, 0.3) is 22.3 Å². The van der Waals surface area contributed by atoms with E-state index in [0.29, 0.717) is 13.0 Å². The van der Waals surface area contributed by atoms with Crippen molar-refractivity contribution in [3.8, 4) is 22.8 Å². The molecule has 2 atom stereocenters. The minimum absolute atomic E-state index is 0.0506. The largest absolute Gasteiger partial charge is 0.507 e. The lowest BCUT2D eigenvalue weighted by atomic mass is 9.89. The van der Waals surface area contributed by atoms with Crippen molar-refractivity contribution in [1.29, 1.82) is 0 Å². The zero-order chi connectivity index (χ0) is 29.2. The number of aliphatic hydroxyl groups excluding tert-OH is 1. The fourth-order valence-electron chi connectivity index (χ4n) is 4.44. The summed E-state index contributed by atoms with van der Waals surface area (Å²) in [5, 5.41) is 45.7. The van der Waals surface area contributed by atoms with Crippen LogP contribution in [0.2, 0.25) is 5.02 Å². The molecule has 0 bridgehead atoms. The highest BCUT2D eigenvalue weighted by atomic mass is 35.5. The van der Waals surface area contributed by atoms with Gasteiger partial charge in [-0.2, -0.15) is 13.2 Å². The van der Waals surface area contributed by atoms with Gasteiger partial charge in [-0.15, -0.1) is 0 Å². The molecule has 4 rings (SSSR count). The number of halogens is 4. The van der Waals surface area contributed by atoms with Gasteiger partial charge in [0, 0.05) is 35.2 Å². The molecule has 1 aromatic heterocycles. The van der Waals surface area contributed by atoms with Crippen molar-refractivity contribution in [3.63, 3.8) is 0 Å². The van der Waals surface area contributed by atoms with Gasteiger partial charge in [-0.1, -0.05) is 11.6 Å². The first-order chi connectivity index (χ1) is 18.1. The molecule has 210 valence electrons. The smallest absolute Gasteiger partial charge is 0.416 e. The van der Waals surface area contributed by atoms with Crippen LogP contribution in [0.3, 0.4) is 0 Å². The first-order valence-electron chi connectivity index (χ1n) is 11.3. The Balaban J connectivity index is 0.000000532. The summed E-state index contributed by atoms with van der Waals surface area (Å²) in [5.74, 6) is -3.95. The van der Waals surface area contributed by atoms with Crippen molar-refractivity contribution in [2.45, 2.75) is 31.0 Å². The molecule has 14 heteroatoms. The molecule has 5 N–H and O–H groups in total. The molecule has 0 saturated carbocycles. The van der Waals surface area contributed by atoms with Crippen molar-refractivity contribution in [1.82, 2.24) is 4.90 Å². The van der Waals surface area contributed by atoms with Crippen LogP contribution in [0.15, 0.2) is 39.5 Å². The van der Waals surface area contributed by atoms with Crippen molar-refractivity contribution in [3.05, 3.63) is 56.7 Å². The lowest BCUT2D eigenvalue weighted by Crippen LogP contribution is -2.32. The molecule has 0 unspecified atom stereocenters. The van der Waals surface area contributed by atoms with Crippen LogP contribution in [-0.2, 0) is 15.8 Å². The standard InChI is InChI=1S/C22H19ClF3NO5.C3H4O4/c1-27-5-4-12(14(27)9-28)19-15(29)7-16(30)20-17(31)8-18(32-21(19)20)11-3-2-10(6-13(11)23)22(24,25)26;4-2(5)1-3(6)7/h2-3,6-8,12,14,28-30H,4-5,9H2,1H3;1H2,(H,4,5)(H,6,7)/t12-,14+;/m0./s1. The Morgan fingerprint density at radius 2 is 1.74 bits per heavy atom. The number of alkyl halides is 3. The SMILES string of the molecule is CN1CC[C@H](c2c(O)cc(O)c3c(=O)cc(-c4ccc(C(F)(F)F)cc4Cl)oc23)[C@H]1CO.O=C(O)CC(=O)O. The normalized spacial score (nSPS) is 17.6. The summed E-state index contributed by atoms with van der Waals surface area (Å²) in [5.41, 5.74) is -1.41. The van der Waals surface area contributed by atoms with E-state index in [1.165, 1.54) is 0 Å². The van der Waals surface area contributed by atoms with Crippen LogP contribution < -0.4 is 5.43 Å². The van der Waals surface area contributed by atoms with Crippen LogP contribution >= 0.6 is 11.6 Å². The maximum atomic E-state index is 13.0. The molecule has 2 heterocycles. The molecule has 0 spiro atoms. The number of carboxylic acids is 2. The Labute approximate surface area is 223 Å². The predicted molar refractivity (Wildman–Crippen MR) is 132 cm³/mol. The predicted octanol–water partition coefficient (Wildman–Crippen LogP) is 3.87. The van der Waals surface area contributed by atoms with Gasteiger partial charge in [-0.25, -0.2) is 0 Å². The topological polar surface area (TPSA) is 169 Å². The first kappa shape index (κ1) is 29.7. The Morgan fingerprint density at radius 1 is 1.10 bits per heavy atom. The summed E-state index contributed by atoms with van der Waals surface area (Å²) in [7, 11) is 1.81. The summed E-state index contributed by atoms with van der Waals surface area (Å²) in [6.07, 6.45) is -4.85. The van der Waals surface area contributed by atoms with E-state index in [1.807, 2.05) is 11.9 Å². The van der Waals surface area contributed by atoms with E-state index in [9.17, 15) is 42.9 Å². The van der Waals surface area contributed by atoms with Gasteiger partial charge in [-0.05, 0) is 38.2 Å². The lowest BCUT2D eigenvalue weighted by molar-refractivity contribution is -0.147. The van der Waals surface area contributed by atoms with Crippen LogP contribution in [0.5, 0.6) is 11.5 Å². The van der Waals surface area contributed by atoms with E-state index in [1.54, 1.807) is 0 Å². The quantitative estimate of drug-likeness (QED) is 0.282. The van der Waals surface area contributed by atoms with E-state index in [2.05, 4.69) is 0 Å². The molecular formula is C25H23ClF3NO9. The molecule has 39 heavy (non-hydrogen) atoms. The highest BCUT2D eigenvalue weighted by molar-refractivity contribution is 6.33. The molecule has 3 aromatic rings. The van der Waals surface area contributed by atoms with Crippen molar-refractivity contribution >= 4 is 34.5 Å². The van der Waals surface area contributed by atoms with Gasteiger partial charge in [0.1, 0.15) is 34.6 Å². The fourth-order valence-corrected chi connectivity index (χ4v) is 4.72. The minimum Gasteiger partial charge on any atom is -0.507 e. The van der Waals surface area contributed by atoms with Crippen molar-refractivity contribution in [2.75, 3.05) is 20.2 Å². The van der Waals surface area contributed by atoms with Gasteiger partial charge in [0.25, 0.3) is 0 Å². The number of aliphatic hydroxyl groups is 1. The summed E-state index contributed by atoms with van der Waals surface area (Å²) in [6, 6.07) is 4.36. The number of rotatable bonds is 5. The maximum absolute atomic E-state index is 13.0. The summed E-state index contributed by atoms with van der Waals surface area (Å²) < 4.78 is 44.8. The second kappa shape index (κ2) is 11.5. The van der Waals surface area contributed by atoms with Gasteiger partial charge in [0.05, 0.1) is 17.2 Å². The third-order valence-corrected chi connectivity index (χ3v) is 6.56. The molecule has 1 aliphatic rings. The Morgan fingerprint density at radius 3 is 2.26 bits per heavy atom. The third kappa shape index (κ3) is 6.44. The second-order valence-electron chi connectivity index (χ2n) is 8.79. The number of likely N-dealkylation sites (N-methyl/N-ethyl adjacent to an activating group) is 1. The summed E-state index contributed by atoms with van der Waals surface area (Å²) >= 11 is 6.07. The number of fused-ring (bicyclic) bond motifs is 1. The number of aliphatic carboxylic acids is 2. The number of hydrogen-bond donors (Lipinski definition) is 5. The summed E-state index contributed by atoms with van der Waals surface area (Å²) in [6.45, 7) is 0.407. The monoisotopic (exact) mass is 573 g/mol.